The number of pyridine rings is 2. The van der Waals surface area contributed by atoms with Gasteiger partial charge in [-0.15, -0.1) is 0 Å². The van der Waals surface area contributed by atoms with Crippen LogP contribution < -0.4 is 5.56 Å². The van der Waals surface area contributed by atoms with Crippen LogP contribution in [0.1, 0.15) is 27.8 Å². The lowest BCUT2D eigenvalue weighted by Gasteiger charge is -2.10. The first kappa shape index (κ1) is 14.5. The number of esters is 1. The molecule has 0 atom stereocenters. The summed E-state index contributed by atoms with van der Waals surface area (Å²) in [7, 11) is 1.32. The van der Waals surface area contributed by atoms with E-state index in [9.17, 15) is 19.5 Å². The summed E-state index contributed by atoms with van der Waals surface area (Å²) in [5.41, 5.74) is -1.63. The van der Waals surface area contributed by atoms with E-state index in [4.69, 9.17) is 9.84 Å². The third-order valence-electron chi connectivity index (χ3n) is 2.90. The van der Waals surface area contributed by atoms with Gasteiger partial charge < -0.3 is 14.9 Å². The van der Waals surface area contributed by atoms with Crippen LogP contribution in [-0.2, 0) is 11.8 Å². The number of hydrogen-bond donors (Lipinski definition) is 2. The van der Waals surface area contributed by atoms with Crippen LogP contribution in [-0.4, -0.2) is 38.3 Å². The van der Waals surface area contributed by atoms with Crippen LogP contribution in [0.25, 0.3) is 11.0 Å². The van der Waals surface area contributed by atoms with Crippen molar-refractivity contribution in [1.29, 1.82) is 0 Å². The number of aryl methyl sites for hydroxylation is 1. The minimum absolute atomic E-state index is 0.0366. The highest BCUT2D eigenvalue weighted by Crippen LogP contribution is 2.25. The molecule has 2 N–H and O–H groups in total. The van der Waals surface area contributed by atoms with Gasteiger partial charge in [-0.05, 0) is 19.1 Å². The monoisotopic (exact) mass is 292 g/mol. The fourth-order valence-electron chi connectivity index (χ4n) is 1.90. The lowest BCUT2D eigenvalue weighted by molar-refractivity contribution is 0.0520. The lowest BCUT2D eigenvalue weighted by Crippen LogP contribution is -2.26. The van der Waals surface area contributed by atoms with Crippen molar-refractivity contribution >= 4 is 23.0 Å². The van der Waals surface area contributed by atoms with Crippen molar-refractivity contribution in [3.05, 3.63) is 33.7 Å². The van der Waals surface area contributed by atoms with Crippen molar-refractivity contribution in [2.24, 2.45) is 7.05 Å². The van der Waals surface area contributed by atoms with E-state index in [0.717, 1.165) is 4.57 Å². The summed E-state index contributed by atoms with van der Waals surface area (Å²) < 4.78 is 5.72. The van der Waals surface area contributed by atoms with E-state index in [1.165, 1.54) is 19.2 Å². The van der Waals surface area contributed by atoms with Gasteiger partial charge in [-0.1, -0.05) is 0 Å². The molecule has 2 aromatic heterocycles. The van der Waals surface area contributed by atoms with E-state index in [0.29, 0.717) is 0 Å². The third-order valence-corrected chi connectivity index (χ3v) is 2.90. The van der Waals surface area contributed by atoms with Gasteiger partial charge in [0.15, 0.2) is 11.3 Å². The number of rotatable bonds is 3. The number of nitrogens with zero attached hydrogens (tertiary/aromatic N) is 2. The third kappa shape index (κ3) is 2.31. The van der Waals surface area contributed by atoms with Gasteiger partial charge in [-0.3, -0.25) is 9.36 Å². The number of fused-ring (bicyclic) bond motifs is 1. The molecule has 0 amide bonds. The minimum Gasteiger partial charge on any atom is -0.506 e. The topological polar surface area (TPSA) is 119 Å². The molecule has 0 radical (unpaired) electrons. The molecule has 2 heterocycles. The summed E-state index contributed by atoms with van der Waals surface area (Å²) >= 11 is 0. The molecule has 110 valence electrons. The van der Waals surface area contributed by atoms with Crippen LogP contribution in [0, 0.1) is 0 Å². The maximum Gasteiger partial charge on any atom is 0.354 e. The first-order valence-electron chi connectivity index (χ1n) is 6.01. The first-order valence-corrected chi connectivity index (χ1v) is 6.01. The Hall–Kier alpha value is -2.90. The number of carboxylic acid groups (broad SMARTS) is 1. The molecule has 21 heavy (non-hydrogen) atoms. The van der Waals surface area contributed by atoms with Gasteiger partial charge in [0.2, 0.25) is 0 Å². The molecule has 0 bridgehead atoms. The number of carboxylic acids is 1. The van der Waals surface area contributed by atoms with Crippen molar-refractivity contribution in [1.82, 2.24) is 9.55 Å². The molecule has 0 aromatic carbocycles. The zero-order valence-electron chi connectivity index (χ0n) is 11.3. The predicted octanol–water partition coefficient (Wildman–Crippen LogP) is 0.514. The molecule has 0 saturated heterocycles. The SMILES string of the molecule is CCOC(=O)c1c(O)c2ccc(C(=O)O)nc2n(C)c1=O. The zero-order valence-corrected chi connectivity index (χ0v) is 11.3. The van der Waals surface area contributed by atoms with Crippen LogP contribution in [0.2, 0.25) is 0 Å². The smallest absolute Gasteiger partial charge is 0.354 e. The van der Waals surface area contributed by atoms with E-state index < -0.39 is 28.8 Å². The van der Waals surface area contributed by atoms with Crippen LogP contribution in [0.4, 0.5) is 0 Å². The highest BCUT2D eigenvalue weighted by atomic mass is 16.5. The fourth-order valence-corrected chi connectivity index (χ4v) is 1.90. The quantitative estimate of drug-likeness (QED) is 0.791. The van der Waals surface area contributed by atoms with Gasteiger partial charge in [-0.25, -0.2) is 14.6 Å². The first-order chi connectivity index (χ1) is 9.88. The van der Waals surface area contributed by atoms with Crippen LogP contribution >= 0.6 is 0 Å². The van der Waals surface area contributed by atoms with E-state index in [1.807, 2.05) is 0 Å². The molecular weight excluding hydrogens is 280 g/mol. The maximum absolute atomic E-state index is 12.1. The van der Waals surface area contributed by atoms with E-state index >= 15 is 0 Å². The van der Waals surface area contributed by atoms with Crippen molar-refractivity contribution in [3.8, 4) is 5.75 Å². The van der Waals surface area contributed by atoms with Gasteiger partial charge in [0.25, 0.3) is 5.56 Å². The van der Waals surface area contributed by atoms with Crippen LogP contribution in [0.15, 0.2) is 16.9 Å². The molecule has 0 spiro atoms. The Morgan fingerprint density at radius 2 is 2.05 bits per heavy atom. The molecule has 2 rings (SSSR count). The average molecular weight is 292 g/mol. The summed E-state index contributed by atoms with van der Waals surface area (Å²) in [4.78, 5) is 38.6. The molecule has 0 aliphatic rings. The molecule has 0 aliphatic carbocycles. The summed E-state index contributed by atoms with van der Waals surface area (Å²) in [5.74, 6) is -2.78. The van der Waals surface area contributed by atoms with Crippen molar-refractivity contribution in [2.75, 3.05) is 6.61 Å². The molecule has 0 fully saturated rings. The summed E-state index contributed by atoms with van der Waals surface area (Å²) in [6, 6.07) is 2.45. The van der Waals surface area contributed by atoms with E-state index in [2.05, 4.69) is 4.98 Å². The van der Waals surface area contributed by atoms with Gasteiger partial charge in [0.05, 0.1) is 12.0 Å². The Kier molecular flexibility index (Phi) is 3.62. The summed E-state index contributed by atoms with van der Waals surface area (Å²) in [6.45, 7) is 1.62. The Labute approximate surface area is 118 Å². The second kappa shape index (κ2) is 5.23. The van der Waals surface area contributed by atoms with Gasteiger partial charge in [-0.2, -0.15) is 0 Å². The highest BCUT2D eigenvalue weighted by Gasteiger charge is 2.23. The Balaban J connectivity index is 2.83. The normalized spacial score (nSPS) is 10.6. The fraction of sp³-hybridized carbons (Fsp3) is 0.231. The lowest BCUT2D eigenvalue weighted by atomic mass is 10.1. The van der Waals surface area contributed by atoms with Crippen LogP contribution in [0.3, 0.4) is 0 Å². The summed E-state index contributed by atoms with van der Waals surface area (Å²) in [5, 5.41) is 19.1. The van der Waals surface area contributed by atoms with E-state index in [1.54, 1.807) is 6.92 Å². The number of aromatic nitrogens is 2. The Morgan fingerprint density at radius 1 is 1.38 bits per heavy atom. The zero-order chi connectivity index (χ0) is 15.7. The molecule has 0 unspecified atom stereocenters. The molecule has 2 aromatic rings. The number of carbonyl (C=O) groups excluding carboxylic acids is 1. The number of ether oxygens (including phenoxy) is 1. The largest absolute Gasteiger partial charge is 0.506 e. The second-order valence-electron chi connectivity index (χ2n) is 4.18. The molecule has 8 nitrogen and oxygen atoms in total. The number of carbonyl (C=O) groups is 2. The number of aromatic hydroxyl groups is 1. The molecule has 0 aliphatic heterocycles. The number of aromatic carboxylic acids is 1. The van der Waals surface area contributed by atoms with Gasteiger partial charge in [0, 0.05) is 7.05 Å². The highest BCUT2D eigenvalue weighted by molar-refractivity contribution is 5.99. The van der Waals surface area contributed by atoms with Crippen molar-refractivity contribution in [3.63, 3.8) is 0 Å². The van der Waals surface area contributed by atoms with Gasteiger partial charge in [0.1, 0.15) is 11.4 Å². The molecular formula is C13H12N2O6. The predicted molar refractivity (Wildman–Crippen MR) is 71.6 cm³/mol. The van der Waals surface area contributed by atoms with Crippen molar-refractivity contribution < 1.29 is 24.5 Å². The molecule has 0 saturated carbocycles. The maximum atomic E-state index is 12.1. The standard InChI is InChI=1S/C13H12N2O6/c1-3-21-13(20)8-9(16)6-4-5-7(12(18)19)14-10(6)15(2)11(8)17/h4-5,16H,3H2,1-2H3,(H,18,19). The van der Waals surface area contributed by atoms with Crippen molar-refractivity contribution in [2.45, 2.75) is 6.92 Å². The molecule has 8 heteroatoms. The van der Waals surface area contributed by atoms with Crippen LogP contribution in [0.5, 0.6) is 5.75 Å². The Morgan fingerprint density at radius 3 is 2.62 bits per heavy atom. The second-order valence-corrected chi connectivity index (χ2v) is 4.18. The number of hydrogen-bond acceptors (Lipinski definition) is 6. The minimum atomic E-state index is -1.27. The van der Waals surface area contributed by atoms with E-state index in [-0.39, 0.29) is 23.3 Å². The van der Waals surface area contributed by atoms with Gasteiger partial charge >= 0.3 is 11.9 Å². The Bertz CT molecular complexity index is 808. The average Bonchev–Trinajstić information content (AvgIpc) is 2.44. The summed E-state index contributed by atoms with van der Waals surface area (Å²) in [6.07, 6.45) is 0.